The van der Waals surface area contributed by atoms with Crippen molar-refractivity contribution in [3.8, 4) is 0 Å². The summed E-state index contributed by atoms with van der Waals surface area (Å²) in [4.78, 5) is 0. The van der Waals surface area contributed by atoms with Crippen molar-refractivity contribution in [2.75, 3.05) is 0 Å². The van der Waals surface area contributed by atoms with Crippen LogP contribution in [0.5, 0.6) is 0 Å². The second-order valence-electron chi connectivity index (χ2n) is 5.16. The van der Waals surface area contributed by atoms with E-state index in [4.69, 9.17) is 16.3 Å². The third kappa shape index (κ3) is 5.19. The molecule has 15 heavy (non-hydrogen) atoms. The number of halogens is 1. The predicted molar refractivity (Wildman–Crippen MR) is 63.3 cm³/mol. The molecule has 2 nitrogen and oxygen atoms in total. The third-order valence-corrected chi connectivity index (χ3v) is 3.17. The summed E-state index contributed by atoms with van der Waals surface area (Å²) in [6, 6.07) is 0. The molecule has 0 bridgehead atoms. The maximum atomic E-state index is 9.82. The largest absolute Gasteiger partial charge is 0.393 e. The van der Waals surface area contributed by atoms with Crippen molar-refractivity contribution in [2.45, 2.75) is 70.1 Å². The van der Waals surface area contributed by atoms with E-state index in [1.165, 1.54) is 0 Å². The molecule has 1 aliphatic heterocycles. The summed E-state index contributed by atoms with van der Waals surface area (Å²) in [5, 5.41) is 10.0. The van der Waals surface area contributed by atoms with Crippen LogP contribution in [0.3, 0.4) is 0 Å². The molecule has 0 saturated carbocycles. The first-order valence-corrected chi connectivity index (χ1v) is 6.38. The third-order valence-electron chi connectivity index (χ3n) is 2.81. The minimum absolute atomic E-state index is 0.144. The van der Waals surface area contributed by atoms with E-state index in [2.05, 4.69) is 20.8 Å². The lowest BCUT2D eigenvalue weighted by molar-refractivity contribution is -0.0603. The Labute approximate surface area is 98.0 Å². The Balaban J connectivity index is 2.30. The van der Waals surface area contributed by atoms with Gasteiger partial charge in [-0.3, -0.25) is 0 Å². The fourth-order valence-electron chi connectivity index (χ4n) is 2.28. The molecule has 0 unspecified atom stereocenters. The van der Waals surface area contributed by atoms with Gasteiger partial charge in [-0.05, 0) is 38.5 Å². The number of hydrogen-bond acceptors (Lipinski definition) is 2. The molecular formula is C12H23ClO2. The zero-order valence-electron chi connectivity index (χ0n) is 9.95. The predicted octanol–water partition coefficient (Wildman–Crippen LogP) is 2.96. The Bertz CT molecular complexity index is 174. The Morgan fingerprint density at radius 3 is 2.60 bits per heavy atom. The summed E-state index contributed by atoms with van der Waals surface area (Å²) >= 11 is 6.13. The molecule has 0 spiro atoms. The lowest BCUT2D eigenvalue weighted by atomic mass is 9.96. The molecule has 0 aromatic heterocycles. The molecule has 1 heterocycles. The lowest BCUT2D eigenvalue weighted by Gasteiger charge is -2.32. The summed E-state index contributed by atoms with van der Waals surface area (Å²) in [6.07, 6.45) is 3.51. The van der Waals surface area contributed by atoms with E-state index in [9.17, 15) is 5.11 Å². The van der Waals surface area contributed by atoms with Crippen LogP contribution >= 0.6 is 11.6 Å². The standard InChI is InChI=1S/C12H23ClO2/c1-8(2)4-11(14)7-12-6-10(13)5-9(3)15-12/h8-12,14H,4-7H2,1-3H3/t9-,10+,11+,12-/m0/s1. The fraction of sp³-hybridized carbons (Fsp3) is 1.00. The molecule has 3 heteroatoms. The van der Waals surface area contributed by atoms with E-state index in [0.29, 0.717) is 5.92 Å². The maximum absolute atomic E-state index is 9.82. The minimum atomic E-state index is -0.246. The van der Waals surface area contributed by atoms with Gasteiger partial charge in [-0.15, -0.1) is 11.6 Å². The first-order valence-electron chi connectivity index (χ1n) is 5.95. The van der Waals surface area contributed by atoms with Gasteiger partial charge in [0.25, 0.3) is 0 Å². The van der Waals surface area contributed by atoms with E-state index in [-0.39, 0.29) is 23.7 Å². The van der Waals surface area contributed by atoms with Crippen molar-refractivity contribution in [3.63, 3.8) is 0 Å². The zero-order valence-corrected chi connectivity index (χ0v) is 10.7. The highest BCUT2D eigenvalue weighted by Gasteiger charge is 2.27. The Morgan fingerprint density at radius 2 is 2.07 bits per heavy atom. The molecule has 0 radical (unpaired) electrons. The summed E-state index contributed by atoms with van der Waals surface area (Å²) in [5.41, 5.74) is 0. The summed E-state index contributed by atoms with van der Waals surface area (Å²) < 4.78 is 5.76. The molecule has 1 fully saturated rings. The van der Waals surface area contributed by atoms with Crippen LogP contribution in [0.2, 0.25) is 0 Å². The van der Waals surface area contributed by atoms with Gasteiger partial charge in [-0.25, -0.2) is 0 Å². The summed E-state index contributed by atoms with van der Waals surface area (Å²) in [6.45, 7) is 6.30. The van der Waals surface area contributed by atoms with Gasteiger partial charge in [0, 0.05) is 5.38 Å². The van der Waals surface area contributed by atoms with Crippen molar-refractivity contribution in [1.82, 2.24) is 0 Å². The minimum Gasteiger partial charge on any atom is -0.393 e. The highest BCUT2D eigenvalue weighted by Crippen LogP contribution is 2.27. The first kappa shape index (κ1) is 13.3. The number of rotatable bonds is 4. The van der Waals surface area contributed by atoms with Crippen LogP contribution in [0, 0.1) is 5.92 Å². The van der Waals surface area contributed by atoms with Crippen molar-refractivity contribution in [2.24, 2.45) is 5.92 Å². The van der Waals surface area contributed by atoms with Gasteiger partial charge in [0.15, 0.2) is 0 Å². The van der Waals surface area contributed by atoms with Crippen molar-refractivity contribution >= 4 is 11.6 Å². The van der Waals surface area contributed by atoms with Crippen molar-refractivity contribution in [1.29, 1.82) is 0 Å². The van der Waals surface area contributed by atoms with Gasteiger partial charge in [-0.1, -0.05) is 13.8 Å². The molecule has 0 amide bonds. The van der Waals surface area contributed by atoms with Gasteiger partial charge in [0.2, 0.25) is 0 Å². The van der Waals surface area contributed by atoms with E-state index in [1.807, 2.05) is 0 Å². The van der Waals surface area contributed by atoms with Gasteiger partial charge in [-0.2, -0.15) is 0 Å². The molecular weight excluding hydrogens is 212 g/mol. The molecule has 4 atom stereocenters. The number of aliphatic hydroxyl groups excluding tert-OH is 1. The molecule has 1 aliphatic rings. The molecule has 0 aromatic carbocycles. The van der Waals surface area contributed by atoms with Crippen LogP contribution in [0.15, 0.2) is 0 Å². The van der Waals surface area contributed by atoms with Crippen LogP contribution in [0.4, 0.5) is 0 Å². The van der Waals surface area contributed by atoms with Crippen molar-refractivity contribution < 1.29 is 9.84 Å². The Morgan fingerprint density at radius 1 is 1.40 bits per heavy atom. The van der Waals surface area contributed by atoms with Crippen LogP contribution < -0.4 is 0 Å². The monoisotopic (exact) mass is 234 g/mol. The number of ether oxygens (including phenoxy) is 1. The molecule has 0 aliphatic carbocycles. The summed E-state index contributed by atoms with van der Waals surface area (Å²) in [7, 11) is 0. The normalized spacial score (nSPS) is 34.4. The number of aliphatic hydroxyl groups is 1. The first-order chi connectivity index (χ1) is 6.97. The van der Waals surface area contributed by atoms with Gasteiger partial charge >= 0.3 is 0 Å². The van der Waals surface area contributed by atoms with Gasteiger partial charge < -0.3 is 9.84 Å². The second kappa shape index (κ2) is 6.07. The maximum Gasteiger partial charge on any atom is 0.0617 e. The van der Waals surface area contributed by atoms with E-state index < -0.39 is 0 Å². The Hall–Kier alpha value is 0.210. The van der Waals surface area contributed by atoms with Crippen LogP contribution in [0.25, 0.3) is 0 Å². The molecule has 0 aromatic rings. The summed E-state index contributed by atoms with van der Waals surface area (Å²) in [5.74, 6) is 0.535. The second-order valence-corrected chi connectivity index (χ2v) is 5.77. The molecule has 1 saturated heterocycles. The number of hydrogen-bond donors (Lipinski definition) is 1. The SMILES string of the molecule is CC(C)C[C@@H](O)C[C@@H]1C[C@H](Cl)C[C@H](C)O1. The highest BCUT2D eigenvalue weighted by atomic mass is 35.5. The lowest BCUT2D eigenvalue weighted by Crippen LogP contribution is -2.34. The van der Waals surface area contributed by atoms with E-state index in [1.54, 1.807) is 0 Å². The highest BCUT2D eigenvalue weighted by molar-refractivity contribution is 6.20. The van der Waals surface area contributed by atoms with Gasteiger partial charge in [0.05, 0.1) is 18.3 Å². The molecule has 1 rings (SSSR count). The smallest absolute Gasteiger partial charge is 0.0617 e. The quantitative estimate of drug-likeness (QED) is 0.758. The van der Waals surface area contributed by atoms with E-state index >= 15 is 0 Å². The van der Waals surface area contributed by atoms with Crippen molar-refractivity contribution in [3.05, 3.63) is 0 Å². The zero-order chi connectivity index (χ0) is 11.4. The average molecular weight is 235 g/mol. The van der Waals surface area contributed by atoms with Crippen LogP contribution in [-0.4, -0.2) is 28.8 Å². The molecule has 90 valence electrons. The fourth-order valence-corrected chi connectivity index (χ4v) is 2.73. The average Bonchev–Trinajstić information content (AvgIpc) is 1.98. The molecule has 1 N–H and O–H groups in total. The van der Waals surface area contributed by atoms with Crippen LogP contribution in [-0.2, 0) is 4.74 Å². The van der Waals surface area contributed by atoms with Crippen LogP contribution in [0.1, 0.15) is 46.5 Å². The van der Waals surface area contributed by atoms with E-state index in [0.717, 1.165) is 25.7 Å². The Kier molecular flexibility index (Phi) is 5.37. The van der Waals surface area contributed by atoms with Gasteiger partial charge in [0.1, 0.15) is 0 Å². The topological polar surface area (TPSA) is 29.5 Å². The number of alkyl halides is 1.